The van der Waals surface area contributed by atoms with Crippen LogP contribution in [0.15, 0.2) is 72.8 Å². The Hall–Kier alpha value is -2.86. The van der Waals surface area contributed by atoms with Crippen LogP contribution in [-0.2, 0) is 12.8 Å². The molecule has 2 aliphatic carbocycles. The molecule has 0 radical (unpaired) electrons. The van der Waals surface area contributed by atoms with Gasteiger partial charge in [-0.05, 0) is 67.8 Å². The van der Waals surface area contributed by atoms with Gasteiger partial charge in [-0.15, -0.1) is 0 Å². The minimum Gasteiger partial charge on any atom is -0.0613 e. The Morgan fingerprint density at radius 1 is 0.458 bits per heavy atom. The fourth-order valence-electron chi connectivity index (χ4n) is 4.74. The Labute approximate surface area is 141 Å². The molecule has 2 aliphatic rings. The van der Waals surface area contributed by atoms with E-state index in [-0.39, 0.29) is 0 Å². The van der Waals surface area contributed by atoms with Crippen molar-refractivity contribution in [2.24, 2.45) is 0 Å². The van der Waals surface area contributed by atoms with E-state index in [1.54, 1.807) is 0 Å². The van der Waals surface area contributed by atoms with Gasteiger partial charge in [0.2, 0.25) is 0 Å². The lowest BCUT2D eigenvalue weighted by Crippen LogP contribution is -1.89. The number of benzene rings is 4. The molecule has 4 aromatic rings. The molecule has 0 unspecified atom stereocenters. The molecule has 0 nitrogen and oxygen atoms in total. The highest BCUT2D eigenvalue weighted by Crippen LogP contribution is 2.46. The predicted molar refractivity (Wildman–Crippen MR) is 102 cm³/mol. The van der Waals surface area contributed by atoms with Gasteiger partial charge in [0.1, 0.15) is 0 Å². The first-order valence-corrected chi connectivity index (χ1v) is 8.64. The molecule has 0 saturated heterocycles. The Bertz CT molecular complexity index is 1090. The van der Waals surface area contributed by atoms with Crippen LogP contribution in [-0.4, -0.2) is 0 Å². The van der Waals surface area contributed by atoms with Crippen molar-refractivity contribution in [3.8, 4) is 0 Å². The van der Waals surface area contributed by atoms with Crippen LogP contribution in [0.3, 0.4) is 0 Å². The fraction of sp³-hybridized carbons (Fsp3) is 0.0833. The highest BCUT2D eigenvalue weighted by molar-refractivity contribution is 6.13. The molecule has 0 heteroatoms. The molecule has 6 rings (SSSR count). The summed E-state index contributed by atoms with van der Waals surface area (Å²) in [5.74, 6) is 0. The first-order valence-electron chi connectivity index (χ1n) is 8.64. The third-order valence-corrected chi connectivity index (χ3v) is 5.73. The maximum absolute atomic E-state index is 2.31. The Kier molecular flexibility index (Phi) is 2.28. The van der Waals surface area contributed by atoms with E-state index in [0.717, 1.165) is 12.8 Å². The number of rotatable bonds is 0. The summed E-state index contributed by atoms with van der Waals surface area (Å²) in [6, 6.07) is 26.9. The molecule has 0 aliphatic heterocycles. The Morgan fingerprint density at radius 3 is 1.33 bits per heavy atom. The summed E-state index contributed by atoms with van der Waals surface area (Å²) >= 11 is 0. The van der Waals surface area contributed by atoms with E-state index >= 15 is 0 Å². The third kappa shape index (κ3) is 1.48. The molecule has 0 atom stereocenters. The average Bonchev–Trinajstić information content (AvgIpc) is 3.18. The van der Waals surface area contributed by atoms with Crippen LogP contribution in [0.2, 0.25) is 0 Å². The second kappa shape index (κ2) is 4.36. The summed E-state index contributed by atoms with van der Waals surface area (Å²) in [6.07, 6.45) is 2.13. The van der Waals surface area contributed by atoms with Crippen molar-refractivity contribution >= 4 is 32.7 Å². The van der Waals surface area contributed by atoms with Crippen molar-refractivity contribution in [3.05, 3.63) is 95.1 Å². The van der Waals surface area contributed by atoms with Crippen LogP contribution in [0.4, 0.5) is 0 Å². The Morgan fingerprint density at radius 2 is 0.875 bits per heavy atom. The second-order valence-corrected chi connectivity index (χ2v) is 6.95. The van der Waals surface area contributed by atoms with Crippen LogP contribution in [0.5, 0.6) is 0 Å². The molecule has 0 amide bonds. The van der Waals surface area contributed by atoms with E-state index in [4.69, 9.17) is 0 Å². The van der Waals surface area contributed by atoms with Gasteiger partial charge in [0.25, 0.3) is 0 Å². The van der Waals surface area contributed by atoms with Crippen molar-refractivity contribution in [1.29, 1.82) is 0 Å². The lowest BCUT2D eigenvalue weighted by molar-refractivity contribution is 1.32. The van der Waals surface area contributed by atoms with Gasteiger partial charge in [-0.3, -0.25) is 0 Å². The standard InChI is InChI=1S/C24H16/c1-5-15-7-3-11-19-21(13-17(9-1)23(15)19)22-14-18-10-2-6-16-8-4-12-20(22)24(16)18/h1-12H,13-14H2/b22-21-. The van der Waals surface area contributed by atoms with Gasteiger partial charge in [0, 0.05) is 0 Å². The van der Waals surface area contributed by atoms with Crippen LogP contribution < -0.4 is 0 Å². The van der Waals surface area contributed by atoms with Gasteiger partial charge in [0.15, 0.2) is 0 Å². The lowest BCUT2D eigenvalue weighted by Gasteiger charge is -2.08. The molecular formula is C24H16. The van der Waals surface area contributed by atoms with Gasteiger partial charge in [-0.25, -0.2) is 0 Å². The minimum atomic E-state index is 1.07. The summed E-state index contributed by atoms with van der Waals surface area (Å²) in [5.41, 5.74) is 8.92. The number of hydrogen-bond acceptors (Lipinski definition) is 0. The van der Waals surface area contributed by atoms with Crippen LogP contribution in [0.25, 0.3) is 32.7 Å². The van der Waals surface area contributed by atoms with Gasteiger partial charge in [0.05, 0.1) is 0 Å². The SMILES string of the molecule is c1cc2c3c(cccc3c1)/C(=C1/Cc3cccc4cccc1c34)C2. The topological polar surface area (TPSA) is 0 Å². The van der Waals surface area contributed by atoms with Gasteiger partial charge in [-0.1, -0.05) is 72.8 Å². The molecule has 0 fully saturated rings. The molecule has 0 aromatic heterocycles. The van der Waals surface area contributed by atoms with Crippen LogP contribution in [0.1, 0.15) is 22.3 Å². The molecule has 4 aromatic carbocycles. The highest BCUT2D eigenvalue weighted by atomic mass is 14.3. The zero-order valence-electron chi connectivity index (χ0n) is 13.3. The maximum Gasteiger partial charge on any atom is -0.00102 e. The van der Waals surface area contributed by atoms with Crippen LogP contribution >= 0.6 is 0 Å². The van der Waals surface area contributed by atoms with E-state index in [1.807, 2.05) is 0 Å². The molecule has 24 heavy (non-hydrogen) atoms. The predicted octanol–water partition coefficient (Wildman–Crippen LogP) is 6.02. The highest BCUT2D eigenvalue weighted by Gasteiger charge is 2.26. The molecule has 0 N–H and O–H groups in total. The summed E-state index contributed by atoms with van der Waals surface area (Å²) in [4.78, 5) is 0. The van der Waals surface area contributed by atoms with Gasteiger partial charge in [-0.2, -0.15) is 0 Å². The molecule has 0 spiro atoms. The molecule has 0 heterocycles. The smallest absolute Gasteiger partial charge is 0.00102 e. The van der Waals surface area contributed by atoms with E-state index in [1.165, 1.54) is 54.9 Å². The normalized spacial score (nSPS) is 18.0. The zero-order chi connectivity index (χ0) is 15.7. The zero-order valence-corrected chi connectivity index (χ0v) is 13.3. The van der Waals surface area contributed by atoms with E-state index < -0.39 is 0 Å². The monoisotopic (exact) mass is 304 g/mol. The third-order valence-electron chi connectivity index (χ3n) is 5.73. The summed E-state index contributed by atoms with van der Waals surface area (Å²) in [7, 11) is 0. The molecule has 0 bridgehead atoms. The van der Waals surface area contributed by atoms with Crippen molar-refractivity contribution in [2.45, 2.75) is 12.8 Å². The Balaban J connectivity index is 1.70. The first kappa shape index (κ1) is 12.5. The van der Waals surface area contributed by atoms with E-state index in [2.05, 4.69) is 72.8 Å². The van der Waals surface area contributed by atoms with E-state index in [0.29, 0.717) is 0 Å². The summed E-state index contributed by atoms with van der Waals surface area (Å²) < 4.78 is 0. The van der Waals surface area contributed by atoms with Crippen molar-refractivity contribution in [1.82, 2.24) is 0 Å². The quantitative estimate of drug-likeness (QED) is 0.373. The molecule has 112 valence electrons. The van der Waals surface area contributed by atoms with Gasteiger partial charge >= 0.3 is 0 Å². The van der Waals surface area contributed by atoms with Crippen molar-refractivity contribution < 1.29 is 0 Å². The lowest BCUT2D eigenvalue weighted by atomic mass is 9.95. The molecule has 0 saturated carbocycles. The first-order chi connectivity index (χ1) is 11.9. The second-order valence-electron chi connectivity index (χ2n) is 6.95. The largest absolute Gasteiger partial charge is 0.0613 e. The van der Waals surface area contributed by atoms with Crippen molar-refractivity contribution in [2.75, 3.05) is 0 Å². The maximum atomic E-state index is 2.31. The van der Waals surface area contributed by atoms with Gasteiger partial charge < -0.3 is 0 Å². The van der Waals surface area contributed by atoms with E-state index in [9.17, 15) is 0 Å². The summed E-state index contributed by atoms with van der Waals surface area (Å²) in [5, 5.41) is 5.67. The fourth-order valence-corrected chi connectivity index (χ4v) is 4.74. The molecular weight excluding hydrogens is 288 g/mol. The number of hydrogen-bond donors (Lipinski definition) is 0. The van der Waals surface area contributed by atoms with Crippen molar-refractivity contribution in [3.63, 3.8) is 0 Å². The average molecular weight is 304 g/mol. The minimum absolute atomic E-state index is 1.07. The number of allylic oxidation sites excluding steroid dienone is 2. The summed E-state index contributed by atoms with van der Waals surface area (Å²) in [6.45, 7) is 0. The van der Waals surface area contributed by atoms with Crippen LogP contribution in [0, 0.1) is 0 Å².